The number of benzene rings is 2. The molecular formula is C24H28F4N2O2. The SMILES string of the molecule is CCNC(CC(F)N1CCC(O)(c2cccc(C(F)(F)F)c2)CC1)C(=O)c1ccccc1. The summed E-state index contributed by atoms with van der Waals surface area (Å²) in [7, 11) is 0. The molecule has 4 nitrogen and oxygen atoms in total. The summed E-state index contributed by atoms with van der Waals surface area (Å²) in [6, 6.07) is 12.7. The van der Waals surface area contributed by atoms with Gasteiger partial charge in [-0.3, -0.25) is 9.69 Å². The predicted molar refractivity (Wildman–Crippen MR) is 114 cm³/mol. The van der Waals surface area contributed by atoms with Gasteiger partial charge in [-0.05, 0) is 37.1 Å². The van der Waals surface area contributed by atoms with Crippen molar-refractivity contribution in [3.8, 4) is 0 Å². The molecule has 0 aromatic heterocycles. The molecule has 3 rings (SSSR count). The van der Waals surface area contributed by atoms with E-state index in [0.717, 1.165) is 12.1 Å². The number of likely N-dealkylation sites (tertiary alicyclic amines) is 1. The van der Waals surface area contributed by atoms with Crippen LogP contribution in [0.25, 0.3) is 0 Å². The molecule has 0 radical (unpaired) electrons. The van der Waals surface area contributed by atoms with Crippen molar-refractivity contribution in [3.05, 3.63) is 71.3 Å². The van der Waals surface area contributed by atoms with E-state index in [9.17, 15) is 23.1 Å². The van der Waals surface area contributed by atoms with Crippen LogP contribution in [0.3, 0.4) is 0 Å². The highest BCUT2D eigenvalue weighted by molar-refractivity contribution is 6.00. The maximum atomic E-state index is 15.1. The molecule has 2 aromatic rings. The van der Waals surface area contributed by atoms with Gasteiger partial charge in [0.15, 0.2) is 12.1 Å². The van der Waals surface area contributed by atoms with E-state index in [1.54, 1.807) is 30.3 Å². The Bertz CT molecular complexity index is 896. The maximum absolute atomic E-state index is 15.1. The zero-order valence-electron chi connectivity index (χ0n) is 17.9. The highest BCUT2D eigenvalue weighted by Crippen LogP contribution is 2.37. The van der Waals surface area contributed by atoms with Gasteiger partial charge in [-0.25, -0.2) is 4.39 Å². The lowest BCUT2D eigenvalue weighted by Crippen LogP contribution is -2.48. The van der Waals surface area contributed by atoms with Crippen LogP contribution in [-0.4, -0.2) is 47.8 Å². The van der Waals surface area contributed by atoms with Crippen molar-refractivity contribution >= 4 is 5.78 Å². The van der Waals surface area contributed by atoms with Gasteiger partial charge in [-0.1, -0.05) is 49.4 Å². The lowest BCUT2D eigenvalue weighted by atomic mass is 9.83. The average molecular weight is 452 g/mol. The number of hydrogen-bond donors (Lipinski definition) is 2. The van der Waals surface area contributed by atoms with E-state index >= 15 is 4.39 Å². The van der Waals surface area contributed by atoms with E-state index in [4.69, 9.17) is 0 Å². The average Bonchev–Trinajstić information content (AvgIpc) is 2.79. The molecule has 2 unspecified atom stereocenters. The van der Waals surface area contributed by atoms with E-state index in [2.05, 4.69) is 5.32 Å². The van der Waals surface area contributed by atoms with Crippen LogP contribution in [0.5, 0.6) is 0 Å². The highest BCUT2D eigenvalue weighted by atomic mass is 19.4. The van der Waals surface area contributed by atoms with Crippen molar-refractivity contribution in [2.75, 3.05) is 19.6 Å². The maximum Gasteiger partial charge on any atom is 0.416 e. The van der Waals surface area contributed by atoms with Gasteiger partial charge >= 0.3 is 6.18 Å². The second kappa shape index (κ2) is 10.1. The molecule has 0 bridgehead atoms. The summed E-state index contributed by atoms with van der Waals surface area (Å²) in [6.45, 7) is 2.69. The van der Waals surface area contributed by atoms with Crippen molar-refractivity contribution in [1.82, 2.24) is 10.2 Å². The molecule has 0 saturated carbocycles. The Labute approximate surface area is 185 Å². The van der Waals surface area contributed by atoms with Crippen LogP contribution in [0.15, 0.2) is 54.6 Å². The molecule has 8 heteroatoms. The molecular weight excluding hydrogens is 424 g/mol. The minimum Gasteiger partial charge on any atom is -0.385 e. The van der Waals surface area contributed by atoms with Gasteiger partial charge < -0.3 is 10.4 Å². The van der Waals surface area contributed by atoms with Crippen LogP contribution in [0.1, 0.15) is 47.7 Å². The highest BCUT2D eigenvalue weighted by Gasteiger charge is 2.39. The Morgan fingerprint density at radius 1 is 1.12 bits per heavy atom. The molecule has 174 valence electrons. The van der Waals surface area contributed by atoms with Gasteiger partial charge in [0.1, 0.15) is 0 Å². The summed E-state index contributed by atoms with van der Waals surface area (Å²) in [5.41, 5.74) is -1.57. The van der Waals surface area contributed by atoms with Crippen molar-refractivity contribution in [2.45, 2.75) is 50.3 Å². The third-order valence-electron chi connectivity index (χ3n) is 6.00. The van der Waals surface area contributed by atoms with E-state index in [1.807, 2.05) is 6.92 Å². The Balaban J connectivity index is 1.64. The number of nitrogens with zero attached hydrogens (tertiary/aromatic N) is 1. The number of aliphatic hydroxyl groups is 1. The van der Waals surface area contributed by atoms with E-state index in [-0.39, 0.29) is 43.7 Å². The van der Waals surface area contributed by atoms with Gasteiger partial charge in [0.25, 0.3) is 0 Å². The van der Waals surface area contributed by atoms with Crippen molar-refractivity contribution < 1.29 is 27.5 Å². The zero-order valence-corrected chi connectivity index (χ0v) is 17.9. The number of carbonyl (C=O) groups is 1. The number of Topliss-reactive ketones (excluding diaryl/α,β-unsaturated/α-hetero) is 1. The molecule has 32 heavy (non-hydrogen) atoms. The topological polar surface area (TPSA) is 52.6 Å². The van der Waals surface area contributed by atoms with Crippen LogP contribution in [0, 0.1) is 0 Å². The zero-order chi connectivity index (χ0) is 23.4. The van der Waals surface area contributed by atoms with Crippen LogP contribution in [-0.2, 0) is 11.8 Å². The van der Waals surface area contributed by atoms with E-state index in [0.29, 0.717) is 12.1 Å². The number of carbonyl (C=O) groups excluding carboxylic acids is 1. The van der Waals surface area contributed by atoms with Crippen LogP contribution in [0.4, 0.5) is 17.6 Å². The van der Waals surface area contributed by atoms with Gasteiger partial charge in [0, 0.05) is 25.1 Å². The van der Waals surface area contributed by atoms with Crippen LogP contribution >= 0.6 is 0 Å². The van der Waals surface area contributed by atoms with E-state index < -0.39 is 29.7 Å². The number of ketones is 1. The third-order valence-corrected chi connectivity index (χ3v) is 6.00. The van der Waals surface area contributed by atoms with Crippen molar-refractivity contribution in [2.24, 2.45) is 0 Å². The minimum atomic E-state index is -4.50. The predicted octanol–water partition coefficient (Wildman–Crippen LogP) is 4.54. The number of halogens is 4. The summed E-state index contributed by atoms with van der Waals surface area (Å²) in [5, 5.41) is 14.0. The molecule has 0 aliphatic carbocycles. The Morgan fingerprint density at radius 2 is 1.78 bits per heavy atom. The first kappa shape index (κ1) is 24.4. The van der Waals surface area contributed by atoms with Gasteiger partial charge in [-0.2, -0.15) is 13.2 Å². The molecule has 1 heterocycles. The molecule has 1 aliphatic heterocycles. The number of nitrogens with one attached hydrogen (secondary N) is 1. The fourth-order valence-electron chi connectivity index (χ4n) is 4.12. The van der Waals surface area contributed by atoms with Crippen molar-refractivity contribution in [3.63, 3.8) is 0 Å². The second-order valence-electron chi connectivity index (χ2n) is 8.16. The van der Waals surface area contributed by atoms with E-state index in [1.165, 1.54) is 17.0 Å². The minimum absolute atomic E-state index is 0.0520. The molecule has 2 aromatic carbocycles. The summed E-state index contributed by atoms with van der Waals surface area (Å²) in [4.78, 5) is 14.3. The van der Waals surface area contributed by atoms with Gasteiger partial charge in [-0.15, -0.1) is 0 Å². The Morgan fingerprint density at radius 3 is 2.38 bits per heavy atom. The fourth-order valence-corrected chi connectivity index (χ4v) is 4.12. The summed E-state index contributed by atoms with van der Waals surface area (Å²) < 4.78 is 54.2. The third kappa shape index (κ3) is 5.74. The summed E-state index contributed by atoms with van der Waals surface area (Å²) in [6.07, 6.45) is -5.76. The number of piperidine rings is 1. The number of rotatable bonds is 8. The molecule has 0 amide bonds. The van der Waals surface area contributed by atoms with Gasteiger partial charge in [0.05, 0.1) is 17.2 Å². The Hall–Kier alpha value is -2.29. The monoisotopic (exact) mass is 452 g/mol. The number of likely N-dealkylation sites (N-methyl/N-ethyl adjacent to an activating group) is 1. The number of hydrogen-bond acceptors (Lipinski definition) is 4. The quantitative estimate of drug-likeness (QED) is 0.351. The second-order valence-corrected chi connectivity index (χ2v) is 8.16. The normalized spacial score (nSPS) is 18.8. The molecule has 2 N–H and O–H groups in total. The van der Waals surface area contributed by atoms with Crippen LogP contribution in [0.2, 0.25) is 0 Å². The lowest BCUT2D eigenvalue weighted by molar-refractivity contribution is -0.137. The summed E-state index contributed by atoms with van der Waals surface area (Å²) >= 11 is 0. The molecule has 1 saturated heterocycles. The Kier molecular flexibility index (Phi) is 7.69. The first-order valence-electron chi connectivity index (χ1n) is 10.7. The van der Waals surface area contributed by atoms with Crippen LogP contribution < -0.4 is 5.32 Å². The first-order valence-corrected chi connectivity index (χ1v) is 10.7. The van der Waals surface area contributed by atoms with Gasteiger partial charge in [0.2, 0.25) is 0 Å². The summed E-state index contributed by atoms with van der Waals surface area (Å²) in [5.74, 6) is -0.187. The molecule has 0 spiro atoms. The standard InChI is InChI=1S/C24H28F4N2O2/c1-2-29-20(22(31)17-7-4-3-5-8-17)16-21(25)30-13-11-23(32,12-14-30)18-9-6-10-19(15-18)24(26,27)28/h3-10,15,20-21,29,32H,2,11-14,16H2,1H3. The smallest absolute Gasteiger partial charge is 0.385 e. The molecule has 1 aliphatic rings. The lowest BCUT2D eigenvalue weighted by Gasteiger charge is -2.40. The fraction of sp³-hybridized carbons (Fsp3) is 0.458. The van der Waals surface area contributed by atoms with Crippen molar-refractivity contribution in [1.29, 1.82) is 0 Å². The molecule has 2 atom stereocenters. The number of alkyl halides is 4. The first-order chi connectivity index (χ1) is 15.1. The largest absolute Gasteiger partial charge is 0.416 e. The molecule has 1 fully saturated rings.